The van der Waals surface area contributed by atoms with Gasteiger partial charge in [-0.3, -0.25) is 4.79 Å². The molecular weight excluding hydrogens is 320 g/mol. The third-order valence-electron chi connectivity index (χ3n) is 4.05. The van der Waals surface area contributed by atoms with E-state index in [2.05, 4.69) is 0 Å². The maximum absolute atomic E-state index is 12.0. The second-order valence-corrected chi connectivity index (χ2v) is 5.72. The van der Waals surface area contributed by atoms with Crippen LogP contribution in [-0.2, 0) is 11.2 Å². The minimum atomic E-state index is -0.908. The van der Waals surface area contributed by atoms with Gasteiger partial charge < -0.3 is 19.3 Å². The highest BCUT2D eigenvalue weighted by molar-refractivity contribution is 5.78. The van der Waals surface area contributed by atoms with Crippen LogP contribution in [-0.4, -0.2) is 31.9 Å². The Morgan fingerprint density at radius 2 is 1.84 bits per heavy atom. The first-order chi connectivity index (χ1) is 12.0. The Balaban J connectivity index is 2.48. The molecule has 0 radical (unpaired) electrons. The smallest absolute Gasteiger partial charge is 0.311 e. The topological polar surface area (TPSA) is 65.0 Å². The molecule has 0 saturated carbocycles. The standard InChI is InChI=1S/C20H24O5/c1-5-25-19-14(7-6-8-18(19)24-4)12-16(20(21)22)15-11-13(2)9-10-17(15)23-3/h6-11,16H,5,12H2,1-4H3,(H,21,22). The molecule has 0 aliphatic carbocycles. The molecule has 0 amide bonds. The third kappa shape index (κ3) is 4.24. The van der Waals surface area contributed by atoms with Crippen LogP contribution in [0.15, 0.2) is 36.4 Å². The van der Waals surface area contributed by atoms with Crippen molar-refractivity contribution < 1.29 is 24.1 Å². The molecule has 0 spiro atoms. The summed E-state index contributed by atoms with van der Waals surface area (Å²) in [5.41, 5.74) is 2.43. The predicted molar refractivity (Wildman–Crippen MR) is 96.0 cm³/mol. The summed E-state index contributed by atoms with van der Waals surface area (Å²) in [7, 11) is 3.12. The summed E-state index contributed by atoms with van der Waals surface area (Å²) < 4.78 is 16.4. The first-order valence-electron chi connectivity index (χ1n) is 8.17. The highest BCUT2D eigenvalue weighted by Gasteiger charge is 2.26. The molecule has 5 nitrogen and oxygen atoms in total. The summed E-state index contributed by atoms with van der Waals surface area (Å²) in [6.07, 6.45) is 0.279. The van der Waals surface area contributed by atoms with E-state index in [9.17, 15) is 9.90 Å². The summed E-state index contributed by atoms with van der Waals surface area (Å²) in [6.45, 7) is 4.28. The van der Waals surface area contributed by atoms with Gasteiger partial charge in [-0.15, -0.1) is 0 Å². The monoisotopic (exact) mass is 344 g/mol. The molecular formula is C20H24O5. The van der Waals surface area contributed by atoms with E-state index in [0.717, 1.165) is 11.1 Å². The molecule has 1 atom stereocenters. The second kappa shape index (κ2) is 8.42. The number of rotatable bonds is 8. The zero-order valence-electron chi connectivity index (χ0n) is 15.0. The first kappa shape index (κ1) is 18.6. The number of carbonyl (C=O) groups is 1. The van der Waals surface area contributed by atoms with Gasteiger partial charge in [0.05, 0.1) is 26.7 Å². The zero-order chi connectivity index (χ0) is 18.4. The number of aliphatic carboxylic acids is 1. The van der Waals surface area contributed by atoms with E-state index in [0.29, 0.717) is 29.4 Å². The number of ether oxygens (including phenoxy) is 3. The molecule has 1 N–H and O–H groups in total. The normalized spacial score (nSPS) is 11.7. The first-order valence-corrected chi connectivity index (χ1v) is 8.17. The van der Waals surface area contributed by atoms with Crippen LogP contribution in [0.5, 0.6) is 17.2 Å². The summed E-state index contributed by atoms with van der Waals surface area (Å²) in [5.74, 6) is 0.0965. The van der Waals surface area contributed by atoms with Crippen LogP contribution < -0.4 is 14.2 Å². The van der Waals surface area contributed by atoms with Gasteiger partial charge in [0, 0.05) is 5.56 Å². The molecule has 0 heterocycles. The average molecular weight is 344 g/mol. The van der Waals surface area contributed by atoms with Crippen molar-refractivity contribution in [3.63, 3.8) is 0 Å². The van der Waals surface area contributed by atoms with Gasteiger partial charge in [-0.25, -0.2) is 0 Å². The molecule has 25 heavy (non-hydrogen) atoms. The van der Waals surface area contributed by atoms with Gasteiger partial charge >= 0.3 is 5.97 Å². The maximum atomic E-state index is 12.0. The number of carboxylic acids is 1. The fourth-order valence-corrected chi connectivity index (χ4v) is 2.87. The predicted octanol–water partition coefficient (Wildman–Crippen LogP) is 3.82. The molecule has 2 rings (SSSR count). The molecule has 0 saturated heterocycles. The molecule has 1 unspecified atom stereocenters. The van der Waals surface area contributed by atoms with Crippen molar-refractivity contribution in [2.24, 2.45) is 0 Å². The number of hydrogen-bond acceptors (Lipinski definition) is 4. The Morgan fingerprint density at radius 1 is 1.12 bits per heavy atom. The summed E-state index contributed by atoms with van der Waals surface area (Å²) in [5, 5.41) is 9.82. The van der Waals surface area contributed by atoms with Crippen molar-refractivity contribution in [1.82, 2.24) is 0 Å². The molecule has 0 aromatic heterocycles. The summed E-state index contributed by atoms with van der Waals surface area (Å²) >= 11 is 0. The molecule has 0 bridgehead atoms. The van der Waals surface area contributed by atoms with E-state index < -0.39 is 11.9 Å². The Bertz CT molecular complexity index is 739. The third-order valence-corrected chi connectivity index (χ3v) is 4.05. The van der Waals surface area contributed by atoms with Crippen molar-refractivity contribution in [3.05, 3.63) is 53.1 Å². The van der Waals surface area contributed by atoms with Gasteiger partial charge in [0.2, 0.25) is 0 Å². The Labute approximate surface area is 148 Å². The van der Waals surface area contributed by atoms with E-state index in [4.69, 9.17) is 14.2 Å². The van der Waals surface area contributed by atoms with E-state index in [-0.39, 0.29) is 6.42 Å². The lowest BCUT2D eigenvalue weighted by Gasteiger charge is -2.19. The quantitative estimate of drug-likeness (QED) is 0.788. The molecule has 0 aliphatic rings. The fraction of sp³-hybridized carbons (Fsp3) is 0.350. The van der Waals surface area contributed by atoms with Crippen LogP contribution in [0.4, 0.5) is 0 Å². The van der Waals surface area contributed by atoms with Gasteiger partial charge in [-0.05, 0) is 38.0 Å². The highest BCUT2D eigenvalue weighted by Crippen LogP contribution is 2.37. The molecule has 0 fully saturated rings. The largest absolute Gasteiger partial charge is 0.496 e. The molecule has 5 heteroatoms. The second-order valence-electron chi connectivity index (χ2n) is 5.72. The van der Waals surface area contributed by atoms with Crippen molar-refractivity contribution in [2.45, 2.75) is 26.2 Å². The summed E-state index contributed by atoms with van der Waals surface area (Å²) in [6, 6.07) is 11.1. The zero-order valence-corrected chi connectivity index (χ0v) is 15.0. The molecule has 0 aliphatic heterocycles. The van der Waals surface area contributed by atoms with Crippen molar-refractivity contribution in [1.29, 1.82) is 0 Å². The number of methoxy groups -OCH3 is 2. The molecule has 2 aromatic carbocycles. The van der Waals surface area contributed by atoms with Crippen molar-refractivity contribution >= 4 is 5.97 Å². The van der Waals surface area contributed by atoms with Gasteiger partial charge in [-0.2, -0.15) is 0 Å². The minimum Gasteiger partial charge on any atom is -0.496 e. The van der Waals surface area contributed by atoms with E-state index >= 15 is 0 Å². The van der Waals surface area contributed by atoms with E-state index in [1.807, 2.05) is 38.1 Å². The highest BCUT2D eigenvalue weighted by atomic mass is 16.5. The Kier molecular flexibility index (Phi) is 6.28. The van der Waals surface area contributed by atoms with Crippen LogP contribution in [0.2, 0.25) is 0 Å². The van der Waals surface area contributed by atoms with Crippen LogP contribution >= 0.6 is 0 Å². The lowest BCUT2D eigenvalue weighted by Crippen LogP contribution is -2.16. The van der Waals surface area contributed by atoms with Crippen molar-refractivity contribution in [3.8, 4) is 17.2 Å². The molecule has 134 valence electrons. The average Bonchev–Trinajstić information content (AvgIpc) is 2.60. The Hall–Kier alpha value is -2.69. The van der Waals surface area contributed by atoms with Crippen molar-refractivity contribution in [2.75, 3.05) is 20.8 Å². The van der Waals surface area contributed by atoms with Gasteiger partial charge in [0.25, 0.3) is 0 Å². The Morgan fingerprint density at radius 3 is 2.44 bits per heavy atom. The molecule has 2 aromatic rings. The minimum absolute atomic E-state index is 0.279. The van der Waals surface area contributed by atoms with Crippen LogP contribution in [0.3, 0.4) is 0 Å². The SMILES string of the molecule is CCOc1c(CC(C(=O)O)c2cc(C)ccc2OC)cccc1OC. The number of para-hydroxylation sites is 1. The number of aryl methyl sites for hydroxylation is 1. The lowest BCUT2D eigenvalue weighted by atomic mass is 9.90. The van der Waals surface area contributed by atoms with Crippen LogP contribution in [0.1, 0.15) is 29.5 Å². The van der Waals surface area contributed by atoms with Gasteiger partial charge in [0.1, 0.15) is 5.75 Å². The van der Waals surface area contributed by atoms with Gasteiger partial charge in [-0.1, -0.05) is 29.8 Å². The lowest BCUT2D eigenvalue weighted by molar-refractivity contribution is -0.138. The van der Waals surface area contributed by atoms with E-state index in [1.54, 1.807) is 26.4 Å². The number of benzene rings is 2. The number of carboxylic acid groups (broad SMARTS) is 1. The maximum Gasteiger partial charge on any atom is 0.311 e. The van der Waals surface area contributed by atoms with Gasteiger partial charge in [0.15, 0.2) is 11.5 Å². The van der Waals surface area contributed by atoms with Crippen LogP contribution in [0.25, 0.3) is 0 Å². The fourth-order valence-electron chi connectivity index (χ4n) is 2.87. The van der Waals surface area contributed by atoms with E-state index in [1.165, 1.54) is 0 Å². The number of hydrogen-bond donors (Lipinski definition) is 1. The van der Waals surface area contributed by atoms with Crippen LogP contribution in [0, 0.1) is 6.92 Å². The summed E-state index contributed by atoms with van der Waals surface area (Å²) in [4.78, 5) is 12.0.